The van der Waals surface area contributed by atoms with Crippen molar-refractivity contribution in [1.82, 2.24) is 20.5 Å². The zero-order valence-electron chi connectivity index (χ0n) is 19.7. The molecule has 4 N–H and O–H groups in total. The van der Waals surface area contributed by atoms with Crippen LogP contribution in [0.2, 0.25) is 0 Å². The van der Waals surface area contributed by atoms with E-state index in [1.54, 1.807) is 37.3 Å². The number of anilines is 1. The minimum absolute atomic E-state index is 0.0136. The molecule has 0 saturated carbocycles. The third-order valence-corrected chi connectivity index (χ3v) is 5.57. The average Bonchev–Trinajstić information content (AvgIpc) is 2.84. The highest BCUT2D eigenvalue weighted by Gasteiger charge is 2.27. The summed E-state index contributed by atoms with van der Waals surface area (Å²) in [6.07, 6.45) is 1.97. The first-order valence-corrected chi connectivity index (χ1v) is 11.2. The number of nitrogens with two attached hydrogens (primary N) is 1. The highest BCUT2D eigenvalue weighted by Crippen LogP contribution is 2.13. The van der Waals surface area contributed by atoms with Crippen molar-refractivity contribution in [2.24, 2.45) is 0 Å². The summed E-state index contributed by atoms with van der Waals surface area (Å²) in [4.78, 5) is 32.1. The number of nitrogens with one attached hydrogen (secondary N) is 2. The van der Waals surface area contributed by atoms with Crippen molar-refractivity contribution in [1.29, 1.82) is 0 Å². The molecule has 0 radical (unpaired) electrons. The van der Waals surface area contributed by atoms with Gasteiger partial charge in [-0.2, -0.15) is 0 Å². The van der Waals surface area contributed by atoms with Crippen LogP contribution in [0, 0.1) is 11.6 Å². The van der Waals surface area contributed by atoms with E-state index in [2.05, 4.69) is 15.6 Å². The molecule has 7 nitrogen and oxygen atoms in total. The summed E-state index contributed by atoms with van der Waals surface area (Å²) < 4.78 is 27.2. The Bertz CT molecular complexity index is 1140. The lowest BCUT2D eigenvalue weighted by Crippen LogP contribution is -2.53. The number of nitrogen functional groups attached to an aromatic ring is 1. The van der Waals surface area contributed by atoms with Crippen molar-refractivity contribution in [2.75, 3.05) is 19.8 Å². The van der Waals surface area contributed by atoms with Gasteiger partial charge in [0.2, 0.25) is 11.8 Å². The van der Waals surface area contributed by atoms with Gasteiger partial charge in [-0.15, -0.1) is 0 Å². The molecule has 184 valence electrons. The maximum atomic E-state index is 13.8. The van der Waals surface area contributed by atoms with E-state index in [1.807, 2.05) is 30.3 Å². The zero-order valence-corrected chi connectivity index (χ0v) is 19.7. The normalized spacial score (nSPS) is 12.7. The Morgan fingerprint density at radius 3 is 2.26 bits per heavy atom. The predicted octanol–water partition coefficient (Wildman–Crippen LogP) is 2.46. The van der Waals surface area contributed by atoms with Gasteiger partial charge in [-0.05, 0) is 55.4 Å². The van der Waals surface area contributed by atoms with Crippen LogP contribution in [-0.2, 0) is 29.0 Å². The molecule has 0 saturated heterocycles. The summed E-state index contributed by atoms with van der Waals surface area (Å²) in [5.41, 5.74) is 7.67. The molecule has 0 spiro atoms. The molecular weight excluding hydrogens is 452 g/mol. The van der Waals surface area contributed by atoms with Crippen LogP contribution >= 0.6 is 0 Å². The third-order valence-electron chi connectivity index (χ3n) is 5.57. The number of benzene rings is 2. The van der Waals surface area contributed by atoms with E-state index in [9.17, 15) is 18.4 Å². The molecule has 2 amide bonds. The zero-order chi connectivity index (χ0) is 25.4. The quantitative estimate of drug-likeness (QED) is 0.413. The third kappa shape index (κ3) is 7.58. The molecule has 2 atom stereocenters. The maximum Gasteiger partial charge on any atom is 0.243 e. The van der Waals surface area contributed by atoms with E-state index in [1.165, 1.54) is 6.07 Å². The molecule has 3 aromatic rings. The molecule has 9 heteroatoms. The summed E-state index contributed by atoms with van der Waals surface area (Å²) in [5, 5.41) is 5.57. The summed E-state index contributed by atoms with van der Waals surface area (Å²) in [6.45, 7) is 0.164. The molecule has 35 heavy (non-hydrogen) atoms. The summed E-state index contributed by atoms with van der Waals surface area (Å²) >= 11 is 0. The lowest BCUT2D eigenvalue weighted by Gasteiger charge is -2.26. The topological polar surface area (TPSA) is 100 Å². The molecule has 0 aliphatic carbocycles. The van der Waals surface area contributed by atoms with Gasteiger partial charge in [-0.25, -0.2) is 13.8 Å². The average molecular weight is 482 g/mol. The van der Waals surface area contributed by atoms with Gasteiger partial charge >= 0.3 is 0 Å². The van der Waals surface area contributed by atoms with Gasteiger partial charge in [0.15, 0.2) is 11.6 Å². The predicted molar refractivity (Wildman–Crippen MR) is 130 cm³/mol. The number of pyridine rings is 1. The second-order valence-electron chi connectivity index (χ2n) is 8.49. The minimum atomic E-state index is -1.02. The van der Waals surface area contributed by atoms with Crippen LogP contribution in [0.3, 0.4) is 0 Å². The standard InChI is InChI=1S/C26H29F2N5O2/c1-33(2)23(14-17-6-4-3-5-7-17)26(35)32-22(13-18-8-10-20(27)21(28)12-18)25(34)31-16-19-9-11-24(29)30-15-19/h3-12,15,22-23H,13-14,16H2,1-2H3,(H2,29,30)(H,31,34)(H,32,35)/t22-,23-/m0/s1. The Balaban J connectivity index is 1.77. The SMILES string of the molecule is CN(C)[C@@H](Cc1ccccc1)C(=O)N[C@@H](Cc1ccc(F)c(F)c1)C(=O)NCc1ccc(N)nc1. The number of hydrogen-bond donors (Lipinski definition) is 3. The highest BCUT2D eigenvalue weighted by atomic mass is 19.2. The first kappa shape index (κ1) is 25.8. The molecule has 0 fully saturated rings. The van der Waals surface area contributed by atoms with Gasteiger partial charge in [0.25, 0.3) is 0 Å². The van der Waals surface area contributed by atoms with E-state index in [4.69, 9.17) is 5.73 Å². The Hall–Kier alpha value is -3.85. The fraction of sp³-hybridized carbons (Fsp3) is 0.269. The fourth-order valence-corrected chi connectivity index (χ4v) is 3.58. The first-order valence-electron chi connectivity index (χ1n) is 11.2. The number of hydrogen-bond acceptors (Lipinski definition) is 5. The monoisotopic (exact) mass is 481 g/mol. The Morgan fingerprint density at radius 1 is 0.914 bits per heavy atom. The molecule has 0 unspecified atom stereocenters. The number of carbonyl (C=O) groups is 2. The van der Waals surface area contributed by atoms with Gasteiger partial charge < -0.3 is 16.4 Å². The number of halogens is 2. The summed E-state index contributed by atoms with van der Waals surface area (Å²) in [7, 11) is 3.57. The Labute approximate surface area is 203 Å². The van der Waals surface area contributed by atoms with Crippen LogP contribution in [-0.4, -0.2) is 47.9 Å². The van der Waals surface area contributed by atoms with Crippen LogP contribution in [0.15, 0.2) is 66.9 Å². The molecular formula is C26H29F2N5O2. The first-order chi connectivity index (χ1) is 16.7. The Morgan fingerprint density at radius 2 is 1.63 bits per heavy atom. The number of aromatic nitrogens is 1. The van der Waals surface area contributed by atoms with Crippen molar-refractivity contribution >= 4 is 17.6 Å². The minimum Gasteiger partial charge on any atom is -0.384 e. The maximum absolute atomic E-state index is 13.8. The summed E-state index contributed by atoms with van der Waals surface area (Å²) in [5.74, 6) is -2.45. The molecule has 0 aliphatic heterocycles. The second kappa shape index (κ2) is 12.0. The van der Waals surface area contributed by atoms with E-state index in [0.717, 1.165) is 23.3 Å². The lowest BCUT2D eigenvalue weighted by molar-refractivity contribution is -0.131. The van der Waals surface area contributed by atoms with Crippen molar-refractivity contribution in [3.63, 3.8) is 0 Å². The number of amides is 2. The molecule has 0 aliphatic rings. The van der Waals surface area contributed by atoms with E-state index in [-0.39, 0.29) is 18.9 Å². The Kier molecular flexibility index (Phi) is 8.86. The van der Waals surface area contributed by atoms with Gasteiger partial charge in [-0.3, -0.25) is 14.5 Å². The number of nitrogens with zero attached hydrogens (tertiary/aromatic N) is 2. The van der Waals surface area contributed by atoms with Crippen LogP contribution in [0.1, 0.15) is 16.7 Å². The van der Waals surface area contributed by atoms with Crippen molar-refractivity contribution < 1.29 is 18.4 Å². The molecule has 3 rings (SSSR count). The fourth-order valence-electron chi connectivity index (χ4n) is 3.58. The highest BCUT2D eigenvalue weighted by molar-refractivity contribution is 5.90. The molecule has 2 aromatic carbocycles. The van der Waals surface area contributed by atoms with Crippen molar-refractivity contribution in [3.05, 3.63) is 95.2 Å². The molecule has 1 heterocycles. The van der Waals surface area contributed by atoms with Gasteiger partial charge in [0.1, 0.15) is 11.9 Å². The van der Waals surface area contributed by atoms with Crippen LogP contribution in [0.4, 0.5) is 14.6 Å². The van der Waals surface area contributed by atoms with E-state index in [0.29, 0.717) is 17.8 Å². The van der Waals surface area contributed by atoms with E-state index >= 15 is 0 Å². The number of rotatable bonds is 10. The van der Waals surface area contributed by atoms with Crippen LogP contribution in [0.25, 0.3) is 0 Å². The molecule has 1 aromatic heterocycles. The van der Waals surface area contributed by atoms with Crippen LogP contribution in [0.5, 0.6) is 0 Å². The second-order valence-corrected chi connectivity index (χ2v) is 8.49. The molecule has 0 bridgehead atoms. The smallest absolute Gasteiger partial charge is 0.243 e. The van der Waals surface area contributed by atoms with E-state index < -0.39 is 29.6 Å². The van der Waals surface area contributed by atoms with Gasteiger partial charge in [0.05, 0.1) is 6.04 Å². The van der Waals surface area contributed by atoms with Crippen molar-refractivity contribution in [2.45, 2.75) is 31.5 Å². The van der Waals surface area contributed by atoms with Crippen molar-refractivity contribution in [3.8, 4) is 0 Å². The lowest BCUT2D eigenvalue weighted by atomic mass is 10.0. The summed E-state index contributed by atoms with van der Waals surface area (Å²) in [6, 6.07) is 14.8. The van der Waals surface area contributed by atoms with Crippen LogP contribution < -0.4 is 16.4 Å². The number of likely N-dealkylation sites (N-methyl/N-ethyl adjacent to an activating group) is 1. The largest absolute Gasteiger partial charge is 0.384 e. The van der Waals surface area contributed by atoms with Gasteiger partial charge in [-0.1, -0.05) is 42.5 Å². The van der Waals surface area contributed by atoms with Gasteiger partial charge in [0, 0.05) is 19.2 Å². The number of carbonyl (C=O) groups excluding carboxylic acids is 2.